The van der Waals surface area contributed by atoms with E-state index in [4.69, 9.17) is 0 Å². The zero-order valence-electron chi connectivity index (χ0n) is 9.30. The van der Waals surface area contributed by atoms with Gasteiger partial charge in [0.15, 0.2) is 0 Å². The summed E-state index contributed by atoms with van der Waals surface area (Å²) in [5, 5.41) is 0. The second kappa shape index (κ2) is 6.80. The number of ketones is 1. The van der Waals surface area contributed by atoms with Crippen molar-refractivity contribution in [2.24, 2.45) is 5.92 Å². The molecule has 1 unspecified atom stereocenters. The highest BCUT2D eigenvalue weighted by molar-refractivity contribution is 5.79. The number of hydrogen-bond donors (Lipinski definition) is 0. The summed E-state index contributed by atoms with van der Waals surface area (Å²) in [4.78, 5) is 11.3. The third-order valence-electron chi connectivity index (χ3n) is 3.03. The van der Waals surface area contributed by atoms with Crippen LogP contribution in [0.1, 0.15) is 58.3 Å². The topological polar surface area (TPSA) is 17.1 Å². The summed E-state index contributed by atoms with van der Waals surface area (Å²) in [6.45, 7) is 1.72. The maximum atomic E-state index is 11.3. The van der Waals surface area contributed by atoms with Crippen molar-refractivity contribution in [3.8, 4) is 0 Å². The molecule has 0 N–H and O–H groups in total. The van der Waals surface area contributed by atoms with Crippen molar-refractivity contribution in [1.82, 2.24) is 0 Å². The number of rotatable bonds is 1. The van der Waals surface area contributed by atoms with Gasteiger partial charge in [-0.2, -0.15) is 0 Å². The van der Waals surface area contributed by atoms with E-state index in [1.165, 1.54) is 38.5 Å². The molecule has 1 atom stereocenters. The summed E-state index contributed by atoms with van der Waals surface area (Å²) in [5.74, 6) is 0.536. The van der Waals surface area contributed by atoms with Gasteiger partial charge >= 0.3 is 0 Å². The first-order valence-electron chi connectivity index (χ1n) is 5.98. The lowest BCUT2D eigenvalue weighted by Gasteiger charge is -2.07. The Morgan fingerprint density at radius 3 is 2.43 bits per heavy atom. The predicted octanol–water partition coefficient (Wildman–Crippen LogP) is 3.88. The molecule has 0 saturated heterocycles. The van der Waals surface area contributed by atoms with Crippen molar-refractivity contribution in [2.45, 2.75) is 58.3 Å². The Hall–Kier alpha value is -0.590. The Kier molecular flexibility index (Phi) is 5.58. The van der Waals surface area contributed by atoms with Crippen LogP contribution in [0.25, 0.3) is 0 Å². The highest BCUT2D eigenvalue weighted by Crippen LogP contribution is 2.17. The summed E-state index contributed by atoms with van der Waals surface area (Å²) < 4.78 is 0. The number of hydrogen-bond acceptors (Lipinski definition) is 1. The molecule has 0 saturated carbocycles. The summed E-state index contributed by atoms with van der Waals surface area (Å²) in [5.41, 5.74) is 0. The van der Waals surface area contributed by atoms with Crippen LogP contribution in [-0.4, -0.2) is 5.78 Å². The average molecular weight is 194 g/mol. The van der Waals surface area contributed by atoms with Gasteiger partial charge in [-0.05, 0) is 26.2 Å². The van der Waals surface area contributed by atoms with Crippen molar-refractivity contribution in [1.29, 1.82) is 0 Å². The molecule has 0 heterocycles. The van der Waals surface area contributed by atoms with Crippen LogP contribution in [0.4, 0.5) is 0 Å². The molecule has 0 amide bonds. The van der Waals surface area contributed by atoms with Crippen molar-refractivity contribution in [3.05, 3.63) is 12.2 Å². The Morgan fingerprint density at radius 1 is 1.07 bits per heavy atom. The number of carbonyl (C=O) groups excluding carboxylic acids is 1. The van der Waals surface area contributed by atoms with Gasteiger partial charge in [0.25, 0.3) is 0 Å². The lowest BCUT2D eigenvalue weighted by molar-refractivity contribution is -0.119. The van der Waals surface area contributed by atoms with E-state index >= 15 is 0 Å². The molecule has 0 fully saturated rings. The highest BCUT2D eigenvalue weighted by atomic mass is 16.1. The van der Waals surface area contributed by atoms with Gasteiger partial charge in [-0.3, -0.25) is 4.79 Å². The molecule has 14 heavy (non-hydrogen) atoms. The summed E-state index contributed by atoms with van der Waals surface area (Å²) >= 11 is 0. The second-order valence-electron chi connectivity index (χ2n) is 4.34. The third kappa shape index (κ3) is 4.59. The maximum Gasteiger partial charge on any atom is 0.136 e. The van der Waals surface area contributed by atoms with E-state index in [0.29, 0.717) is 5.78 Å². The van der Waals surface area contributed by atoms with E-state index in [1.54, 1.807) is 6.92 Å². The minimum absolute atomic E-state index is 0.202. The molecule has 0 radical (unpaired) electrons. The standard InChI is InChI=1S/C13H22O/c1-12(14)13-10-8-6-4-2-3-5-7-9-11-13/h8,10,13H,2-7,9,11H2,1H3/b10-8-. The quantitative estimate of drug-likeness (QED) is 0.579. The zero-order chi connectivity index (χ0) is 10.2. The van der Waals surface area contributed by atoms with Crippen LogP contribution in [0.15, 0.2) is 12.2 Å². The van der Waals surface area contributed by atoms with Crippen molar-refractivity contribution >= 4 is 5.78 Å². The largest absolute Gasteiger partial charge is 0.299 e. The van der Waals surface area contributed by atoms with Gasteiger partial charge in [-0.15, -0.1) is 0 Å². The van der Waals surface area contributed by atoms with Crippen molar-refractivity contribution in [3.63, 3.8) is 0 Å². The molecular weight excluding hydrogens is 172 g/mol. The smallest absolute Gasteiger partial charge is 0.136 e. The molecule has 80 valence electrons. The molecule has 1 aliphatic carbocycles. The fraction of sp³-hybridized carbons (Fsp3) is 0.769. The molecule has 0 aromatic carbocycles. The third-order valence-corrected chi connectivity index (χ3v) is 3.03. The van der Waals surface area contributed by atoms with E-state index in [2.05, 4.69) is 12.2 Å². The summed E-state index contributed by atoms with van der Waals surface area (Å²) in [6, 6.07) is 0. The van der Waals surface area contributed by atoms with Crippen LogP contribution in [0.3, 0.4) is 0 Å². The van der Waals surface area contributed by atoms with Gasteiger partial charge in [-0.25, -0.2) is 0 Å². The Labute approximate surface area is 87.6 Å². The molecule has 1 heteroatoms. The fourth-order valence-electron chi connectivity index (χ4n) is 2.03. The molecule has 0 spiro atoms. The molecule has 1 nitrogen and oxygen atoms in total. The SMILES string of the molecule is CC(=O)C1/C=C\CCCCCCCC1. The first-order chi connectivity index (χ1) is 6.80. The zero-order valence-corrected chi connectivity index (χ0v) is 9.30. The molecule has 0 aliphatic heterocycles. The normalized spacial score (nSPS) is 27.6. The van der Waals surface area contributed by atoms with Gasteiger partial charge in [0.1, 0.15) is 5.78 Å². The lowest BCUT2D eigenvalue weighted by atomic mass is 9.97. The summed E-state index contributed by atoms with van der Waals surface area (Å²) in [6.07, 6.45) is 14.5. The number of allylic oxidation sites excluding steroid dienone is 2. The predicted molar refractivity (Wildman–Crippen MR) is 60.2 cm³/mol. The first-order valence-corrected chi connectivity index (χ1v) is 5.98. The van der Waals surface area contributed by atoms with E-state index in [-0.39, 0.29) is 5.92 Å². The monoisotopic (exact) mass is 194 g/mol. The van der Waals surface area contributed by atoms with E-state index in [1.807, 2.05) is 0 Å². The van der Waals surface area contributed by atoms with Crippen molar-refractivity contribution in [2.75, 3.05) is 0 Å². The van der Waals surface area contributed by atoms with Crippen LogP contribution >= 0.6 is 0 Å². The van der Waals surface area contributed by atoms with E-state index in [0.717, 1.165) is 12.8 Å². The molecule has 0 aromatic rings. The second-order valence-corrected chi connectivity index (χ2v) is 4.34. The van der Waals surface area contributed by atoms with E-state index in [9.17, 15) is 4.79 Å². The van der Waals surface area contributed by atoms with Gasteiger partial charge < -0.3 is 0 Å². The number of Topliss-reactive ketones (excluding diaryl/α,β-unsaturated/α-hetero) is 1. The maximum absolute atomic E-state index is 11.3. The fourth-order valence-corrected chi connectivity index (χ4v) is 2.03. The lowest BCUT2D eigenvalue weighted by Crippen LogP contribution is -2.07. The van der Waals surface area contributed by atoms with Gasteiger partial charge in [0, 0.05) is 5.92 Å². The Bertz CT molecular complexity index is 193. The Morgan fingerprint density at radius 2 is 1.71 bits per heavy atom. The van der Waals surface area contributed by atoms with Crippen molar-refractivity contribution < 1.29 is 4.79 Å². The van der Waals surface area contributed by atoms with Gasteiger partial charge in [0.05, 0.1) is 0 Å². The van der Waals surface area contributed by atoms with Crippen LogP contribution in [0.2, 0.25) is 0 Å². The Balaban J connectivity index is 2.42. The first kappa shape index (κ1) is 11.5. The van der Waals surface area contributed by atoms with Gasteiger partial charge in [-0.1, -0.05) is 44.3 Å². The van der Waals surface area contributed by atoms with Crippen LogP contribution in [0.5, 0.6) is 0 Å². The highest BCUT2D eigenvalue weighted by Gasteiger charge is 2.09. The van der Waals surface area contributed by atoms with Crippen LogP contribution < -0.4 is 0 Å². The minimum atomic E-state index is 0.202. The number of carbonyl (C=O) groups is 1. The average Bonchev–Trinajstić information content (AvgIpc) is 2.21. The molecule has 1 rings (SSSR count). The molecule has 0 bridgehead atoms. The molecule has 0 aromatic heterocycles. The minimum Gasteiger partial charge on any atom is -0.299 e. The van der Waals surface area contributed by atoms with E-state index < -0.39 is 0 Å². The van der Waals surface area contributed by atoms with Crippen LogP contribution in [0, 0.1) is 5.92 Å². The van der Waals surface area contributed by atoms with Gasteiger partial charge in [0.2, 0.25) is 0 Å². The van der Waals surface area contributed by atoms with Crippen LogP contribution in [-0.2, 0) is 4.79 Å². The molecular formula is C13H22O. The molecule has 1 aliphatic rings. The summed E-state index contributed by atoms with van der Waals surface area (Å²) in [7, 11) is 0.